The topological polar surface area (TPSA) is 44.5 Å². The fourth-order valence-electron chi connectivity index (χ4n) is 0.443. The summed E-state index contributed by atoms with van der Waals surface area (Å²) < 4.78 is 9.69. The third-order valence-electron chi connectivity index (χ3n) is 0.754. The maximum atomic E-state index is 10.8. The maximum Gasteiger partial charge on any atom is 0.234 e. The van der Waals surface area contributed by atoms with Gasteiger partial charge in [-0.1, -0.05) is 19.6 Å². The normalized spacial score (nSPS) is 13.3. The Morgan fingerprint density at radius 2 is 2.00 bits per heavy atom. The lowest BCUT2D eigenvalue weighted by Gasteiger charge is -2.18. The van der Waals surface area contributed by atoms with Gasteiger partial charge >= 0.3 is 0 Å². The highest BCUT2D eigenvalue weighted by atomic mass is 28.4. The Kier molecular flexibility index (Phi) is 4.13. The van der Waals surface area contributed by atoms with Crippen LogP contribution in [0.1, 0.15) is 0 Å². The third kappa shape index (κ3) is 7.34. The summed E-state index contributed by atoms with van der Waals surface area (Å²) in [6.07, 6.45) is 1.32. The Bertz CT molecular complexity index is 141. The van der Waals surface area contributed by atoms with Gasteiger partial charge < -0.3 is 9.26 Å². The number of hydrogen-bond acceptors (Lipinski definition) is 3. The predicted octanol–water partition coefficient (Wildman–Crippen LogP) is 0.980. The van der Waals surface area contributed by atoms with Gasteiger partial charge in [-0.2, -0.15) is 0 Å². The molecule has 0 saturated heterocycles. The van der Waals surface area contributed by atoms with Gasteiger partial charge in [-0.25, -0.2) is 0 Å². The molecule has 4 nitrogen and oxygen atoms in total. The van der Waals surface area contributed by atoms with Gasteiger partial charge in [-0.3, -0.25) is 5.21 Å². The van der Waals surface area contributed by atoms with Crippen LogP contribution in [0.25, 0.3) is 0 Å². The minimum atomic E-state index is -1.74. The molecule has 0 saturated carbocycles. The quantitative estimate of drug-likeness (QED) is 0.278. The van der Waals surface area contributed by atoms with Crippen molar-refractivity contribution in [2.24, 2.45) is 0 Å². The summed E-state index contributed by atoms with van der Waals surface area (Å²) in [7, 11) is -0.217. The molecule has 0 aromatic heterocycles. The van der Waals surface area contributed by atoms with Crippen LogP contribution in [0.15, 0.2) is 0 Å². The van der Waals surface area contributed by atoms with Crippen LogP contribution in [0.2, 0.25) is 19.6 Å². The lowest BCUT2D eigenvalue weighted by Crippen LogP contribution is -2.30. The summed E-state index contributed by atoms with van der Waals surface area (Å²) in [5.41, 5.74) is 0. The van der Waals surface area contributed by atoms with Crippen LogP contribution in [0.5, 0.6) is 0 Å². The van der Waals surface area contributed by atoms with E-state index in [0.717, 1.165) is 0 Å². The monoisotopic (exact) mass is 177 g/mol. The molecule has 0 aliphatic carbocycles. The second-order valence-electron chi connectivity index (χ2n) is 3.13. The first-order valence-corrected chi connectivity index (χ1v) is 6.84. The second kappa shape index (κ2) is 4.35. The molecule has 0 aliphatic heterocycles. The van der Waals surface area contributed by atoms with Crippen molar-refractivity contribution in [2.45, 2.75) is 19.6 Å². The molecule has 0 heterocycles. The van der Waals surface area contributed by atoms with Crippen molar-refractivity contribution in [3.05, 3.63) is 5.21 Å². The Morgan fingerprint density at radius 1 is 1.45 bits per heavy atom. The number of nitrogens with zero attached hydrogens (tertiary/aromatic N) is 1. The van der Waals surface area contributed by atoms with E-state index < -0.39 is 8.32 Å². The minimum absolute atomic E-state index is 0.286. The molecule has 0 atom stereocenters. The molecule has 11 heavy (non-hydrogen) atoms. The average Bonchev–Trinajstić information content (AvgIpc) is 1.79. The summed E-state index contributed by atoms with van der Waals surface area (Å²) in [6.45, 7) is 6.11. The largest absolute Gasteiger partial charge is 0.444 e. The standard InChI is InChI=1S/C6H15NO3Si/c1-9-6-5-7(8)10-11(2,3)4/h5H,6H2,1-4H3/b7-5+. The molecule has 0 aliphatic rings. The first kappa shape index (κ1) is 10.4. The number of hydrogen-bond donors (Lipinski definition) is 0. The molecule has 0 aromatic carbocycles. The van der Waals surface area contributed by atoms with E-state index >= 15 is 0 Å². The van der Waals surface area contributed by atoms with Gasteiger partial charge in [0.1, 0.15) is 6.61 Å². The van der Waals surface area contributed by atoms with Crippen molar-refractivity contribution < 1.29 is 14.2 Å². The lowest BCUT2D eigenvalue weighted by atomic mass is 10.8. The Hall–Kier alpha value is -0.553. The van der Waals surface area contributed by atoms with Crippen LogP contribution in [-0.2, 0) is 9.26 Å². The molecule has 0 radical (unpaired) electrons. The zero-order valence-corrected chi connectivity index (χ0v) is 8.46. The zero-order valence-electron chi connectivity index (χ0n) is 7.46. The first-order valence-electron chi connectivity index (χ1n) is 3.43. The molecule has 0 amide bonds. The van der Waals surface area contributed by atoms with Crippen LogP contribution >= 0.6 is 0 Å². The summed E-state index contributed by atoms with van der Waals surface area (Å²) in [4.78, 5) is 0.482. The number of rotatable bonds is 4. The van der Waals surface area contributed by atoms with E-state index in [9.17, 15) is 5.21 Å². The molecule has 5 heteroatoms. The summed E-state index contributed by atoms with van der Waals surface area (Å²) in [5, 5.41) is 10.8. The van der Waals surface area contributed by atoms with Gasteiger partial charge in [-0.05, 0) is 0 Å². The second-order valence-corrected chi connectivity index (χ2v) is 7.53. The highest BCUT2D eigenvalue weighted by molar-refractivity contribution is 6.69. The molecule has 0 unspecified atom stereocenters. The molecule has 0 rings (SSSR count). The Labute approximate surface area is 68.1 Å². The summed E-state index contributed by atoms with van der Waals surface area (Å²) >= 11 is 0. The van der Waals surface area contributed by atoms with Gasteiger partial charge in [0.25, 0.3) is 0 Å². The summed E-state index contributed by atoms with van der Waals surface area (Å²) in [6, 6.07) is 0. The lowest BCUT2D eigenvalue weighted by molar-refractivity contribution is -0.701. The SMILES string of the molecule is COC/C=[N+](\[O-])O[Si](C)(C)C. The van der Waals surface area contributed by atoms with E-state index in [1.807, 2.05) is 19.6 Å². The molecular formula is C6H15NO3Si. The molecule has 0 aromatic rings. The fourth-order valence-corrected chi connectivity index (χ4v) is 1.06. The van der Waals surface area contributed by atoms with Crippen LogP contribution in [0, 0.1) is 5.21 Å². The summed E-state index contributed by atoms with van der Waals surface area (Å²) in [5.74, 6) is 0. The number of methoxy groups -OCH3 is 1. The molecular weight excluding hydrogens is 162 g/mol. The third-order valence-corrected chi connectivity index (χ3v) is 1.48. The predicted molar refractivity (Wildman–Crippen MR) is 46.0 cm³/mol. The van der Waals surface area contributed by atoms with E-state index in [2.05, 4.69) is 4.74 Å². The highest BCUT2D eigenvalue weighted by Gasteiger charge is 2.13. The zero-order chi connectivity index (χ0) is 8.91. The molecule has 0 fully saturated rings. The Morgan fingerprint density at radius 3 is 2.36 bits per heavy atom. The molecule has 0 N–H and O–H groups in total. The molecule has 0 spiro atoms. The molecule has 66 valence electrons. The van der Waals surface area contributed by atoms with E-state index in [1.54, 1.807) is 0 Å². The van der Waals surface area contributed by atoms with Gasteiger partial charge in [-0.15, -0.1) is 0 Å². The van der Waals surface area contributed by atoms with Crippen LogP contribution in [0.3, 0.4) is 0 Å². The van der Waals surface area contributed by atoms with E-state index in [-0.39, 0.29) is 6.61 Å². The van der Waals surface area contributed by atoms with Crippen molar-refractivity contribution in [1.29, 1.82) is 0 Å². The van der Waals surface area contributed by atoms with E-state index in [4.69, 9.17) is 4.53 Å². The van der Waals surface area contributed by atoms with Crippen molar-refractivity contribution in [1.82, 2.24) is 0 Å². The smallest absolute Gasteiger partial charge is 0.234 e. The van der Waals surface area contributed by atoms with Crippen molar-refractivity contribution in [3.8, 4) is 0 Å². The first-order chi connectivity index (χ1) is 4.95. The highest BCUT2D eigenvalue weighted by Crippen LogP contribution is 2.01. The van der Waals surface area contributed by atoms with Crippen molar-refractivity contribution >= 4 is 14.5 Å². The van der Waals surface area contributed by atoms with Gasteiger partial charge in [0.2, 0.25) is 6.21 Å². The van der Waals surface area contributed by atoms with Crippen LogP contribution < -0.4 is 0 Å². The van der Waals surface area contributed by atoms with Crippen LogP contribution in [-0.4, -0.2) is 33.2 Å². The minimum Gasteiger partial charge on any atom is -0.444 e. The number of ether oxygens (including phenoxy) is 1. The Balaban J connectivity index is 3.76. The van der Waals surface area contributed by atoms with E-state index in [0.29, 0.717) is 4.90 Å². The van der Waals surface area contributed by atoms with E-state index in [1.165, 1.54) is 13.3 Å². The fraction of sp³-hybridized carbons (Fsp3) is 0.833. The average molecular weight is 177 g/mol. The van der Waals surface area contributed by atoms with Gasteiger partial charge in [0.15, 0.2) is 8.32 Å². The van der Waals surface area contributed by atoms with Crippen molar-refractivity contribution in [3.63, 3.8) is 0 Å². The maximum absolute atomic E-state index is 10.8. The molecule has 0 bridgehead atoms. The van der Waals surface area contributed by atoms with Crippen LogP contribution in [0.4, 0.5) is 0 Å². The van der Waals surface area contributed by atoms with Crippen molar-refractivity contribution in [2.75, 3.05) is 13.7 Å². The van der Waals surface area contributed by atoms with Gasteiger partial charge in [0.05, 0.1) is 0 Å². The van der Waals surface area contributed by atoms with Gasteiger partial charge in [0, 0.05) is 12.0 Å².